The van der Waals surface area contributed by atoms with E-state index < -0.39 is 31.8 Å². The molecule has 18 heavy (non-hydrogen) atoms. The van der Waals surface area contributed by atoms with Crippen LogP contribution in [0.25, 0.3) is 0 Å². The van der Waals surface area contributed by atoms with Crippen molar-refractivity contribution in [1.29, 1.82) is 0 Å². The largest absolute Gasteiger partial charge is 0.480 e. The molecule has 0 rings (SSSR count). The maximum atomic E-state index is 11.5. The quantitative estimate of drug-likeness (QED) is 0.756. The number of carboxylic acid groups (broad SMARTS) is 1. The molecule has 2 N–H and O–H groups in total. The maximum absolute atomic E-state index is 11.5. The van der Waals surface area contributed by atoms with E-state index in [1.54, 1.807) is 20.8 Å². The van der Waals surface area contributed by atoms with E-state index in [2.05, 4.69) is 25.0 Å². The number of carbonyl (C=O) groups excluding carboxylic acids is 1. The zero-order chi connectivity index (χ0) is 14.6. The molecule has 0 bridgehead atoms. The van der Waals surface area contributed by atoms with E-state index in [1.165, 1.54) is 0 Å². The summed E-state index contributed by atoms with van der Waals surface area (Å²) in [6, 6.07) is -0.0219. The fourth-order valence-electron chi connectivity index (χ4n) is 1.28. The minimum absolute atomic E-state index is 0.449. The molecule has 6 heteroatoms. The Kier molecular flexibility index (Phi) is 5.86. The van der Waals surface area contributed by atoms with Crippen LogP contribution in [0.15, 0.2) is 0 Å². The van der Waals surface area contributed by atoms with Gasteiger partial charge in [-0.05, 0) is 27.2 Å². The highest BCUT2D eigenvalue weighted by Crippen LogP contribution is 2.14. The minimum atomic E-state index is -1.32. The molecule has 0 saturated heterocycles. The number of alkyl carbamates (subject to hydrolysis) is 1. The van der Waals surface area contributed by atoms with Gasteiger partial charge in [0.2, 0.25) is 0 Å². The highest BCUT2D eigenvalue weighted by molar-refractivity contribution is 6.76. The van der Waals surface area contributed by atoms with E-state index >= 15 is 0 Å². The standard InChI is InChI=1S/C12H25NO4Si/c1-12(2,3)17-11(16)13-9(10(14)15)7-8-18(4,5)6/h9H,7-8H2,1-6H3,(H,13,16)(H,14,15)/t9-/m1/s1. The number of ether oxygens (including phenoxy) is 1. The number of carboxylic acids is 1. The molecule has 1 amide bonds. The molecule has 0 aromatic heterocycles. The fourth-order valence-corrected chi connectivity index (χ4v) is 2.44. The number of amides is 1. The monoisotopic (exact) mass is 275 g/mol. The molecule has 0 aliphatic carbocycles. The van der Waals surface area contributed by atoms with E-state index in [4.69, 9.17) is 9.84 Å². The Morgan fingerprint density at radius 1 is 1.28 bits per heavy atom. The number of rotatable bonds is 5. The molecule has 5 nitrogen and oxygen atoms in total. The molecule has 0 heterocycles. The minimum Gasteiger partial charge on any atom is -0.480 e. The highest BCUT2D eigenvalue weighted by atomic mass is 28.3. The third kappa shape index (κ3) is 9.04. The molecule has 0 aliphatic heterocycles. The zero-order valence-corrected chi connectivity index (χ0v) is 13.2. The lowest BCUT2D eigenvalue weighted by atomic mass is 10.2. The Morgan fingerprint density at radius 2 is 1.78 bits per heavy atom. The molecule has 0 fully saturated rings. The molecule has 0 radical (unpaired) electrons. The van der Waals surface area contributed by atoms with Crippen molar-refractivity contribution in [1.82, 2.24) is 5.32 Å². The van der Waals surface area contributed by atoms with Crippen molar-refractivity contribution in [2.24, 2.45) is 0 Å². The van der Waals surface area contributed by atoms with Crippen molar-refractivity contribution < 1.29 is 19.4 Å². The van der Waals surface area contributed by atoms with Crippen molar-refractivity contribution in [3.8, 4) is 0 Å². The van der Waals surface area contributed by atoms with Crippen LogP contribution in [0.2, 0.25) is 25.7 Å². The van der Waals surface area contributed by atoms with Gasteiger partial charge in [0.1, 0.15) is 11.6 Å². The first-order chi connectivity index (χ1) is 7.91. The second-order valence-corrected chi connectivity index (χ2v) is 12.3. The predicted molar refractivity (Wildman–Crippen MR) is 73.6 cm³/mol. The second kappa shape index (κ2) is 6.22. The van der Waals surface area contributed by atoms with E-state index in [-0.39, 0.29) is 0 Å². The van der Waals surface area contributed by atoms with Gasteiger partial charge in [-0.3, -0.25) is 0 Å². The third-order valence-corrected chi connectivity index (χ3v) is 3.96. The normalized spacial score (nSPS) is 13.9. The van der Waals surface area contributed by atoms with Gasteiger partial charge in [0, 0.05) is 8.07 Å². The predicted octanol–water partition coefficient (Wildman–Crippen LogP) is 2.69. The SMILES string of the molecule is CC(C)(C)OC(=O)N[C@H](CC[Si](C)(C)C)C(=O)O. The zero-order valence-electron chi connectivity index (χ0n) is 12.2. The second-order valence-electron chi connectivity index (χ2n) is 6.64. The van der Waals surface area contributed by atoms with E-state index in [9.17, 15) is 9.59 Å². The molecule has 1 atom stereocenters. The molecule has 0 aromatic carbocycles. The van der Waals surface area contributed by atoms with Crippen LogP contribution in [0, 0.1) is 0 Å². The van der Waals surface area contributed by atoms with Gasteiger partial charge in [-0.15, -0.1) is 0 Å². The van der Waals surface area contributed by atoms with Gasteiger partial charge >= 0.3 is 12.1 Å². The van der Waals surface area contributed by atoms with Crippen LogP contribution in [-0.4, -0.2) is 36.9 Å². The molecule has 0 unspecified atom stereocenters. The first-order valence-corrected chi connectivity index (χ1v) is 9.84. The van der Waals surface area contributed by atoms with Crippen molar-refractivity contribution in [3.63, 3.8) is 0 Å². The average Bonchev–Trinajstić information content (AvgIpc) is 2.06. The lowest BCUT2D eigenvalue weighted by Gasteiger charge is -2.23. The fraction of sp³-hybridized carbons (Fsp3) is 0.833. The van der Waals surface area contributed by atoms with Crippen LogP contribution in [0.5, 0.6) is 0 Å². The van der Waals surface area contributed by atoms with Gasteiger partial charge < -0.3 is 15.2 Å². The van der Waals surface area contributed by atoms with E-state index in [0.29, 0.717) is 6.42 Å². The summed E-state index contributed by atoms with van der Waals surface area (Å²) in [5.74, 6) is -1.01. The Labute approximate surface area is 110 Å². The summed E-state index contributed by atoms with van der Waals surface area (Å²) in [7, 11) is -1.32. The molecule has 106 valence electrons. The summed E-state index contributed by atoms with van der Waals surface area (Å²) in [6.07, 6.45) is -0.227. The van der Waals surface area contributed by atoms with E-state index in [1.807, 2.05) is 0 Å². The average molecular weight is 275 g/mol. The lowest BCUT2D eigenvalue weighted by Crippen LogP contribution is -2.44. The molecule has 0 aromatic rings. The summed E-state index contributed by atoms with van der Waals surface area (Å²) < 4.78 is 5.05. The number of nitrogens with one attached hydrogen (secondary N) is 1. The van der Waals surface area contributed by atoms with Crippen LogP contribution in [0.3, 0.4) is 0 Å². The van der Waals surface area contributed by atoms with E-state index in [0.717, 1.165) is 6.04 Å². The van der Waals surface area contributed by atoms with Crippen LogP contribution < -0.4 is 5.32 Å². The van der Waals surface area contributed by atoms with Gasteiger partial charge in [-0.25, -0.2) is 9.59 Å². The summed E-state index contributed by atoms with van der Waals surface area (Å²) in [5.41, 5.74) is -0.619. The van der Waals surface area contributed by atoms with Gasteiger partial charge in [-0.2, -0.15) is 0 Å². The van der Waals surface area contributed by atoms with Crippen LogP contribution in [0.4, 0.5) is 4.79 Å². The van der Waals surface area contributed by atoms with Crippen molar-refractivity contribution in [2.45, 2.75) is 64.5 Å². The molecule has 0 aliphatic rings. The first kappa shape index (κ1) is 17.0. The smallest absolute Gasteiger partial charge is 0.408 e. The Hall–Kier alpha value is -1.04. The third-order valence-electron chi connectivity index (χ3n) is 2.17. The number of hydrogen-bond acceptors (Lipinski definition) is 3. The van der Waals surface area contributed by atoms with Crippen LogP contribution >= 0.6 is 0 Å². The van der Waals surface area contributed by atoms with Crippen molar-refractivity contribution in [2.75, 3.05) is 0 Å². The number of carbonyl (C=O) groups is 2. The van der Waals surface area contributed by atoms with Crippen LogP contribution in [0.1, 0.15) is 27.2 Å². The first-order valence-electron chi connectivity index (χ1n) is 6.13. The highest BCUT2D eigenvalue weighted by Gasteiger charge is 2.25. The molecule has 0 spiro atoms. The van der Waals surface area contributed by atoms with Gasteiger partial charge in [0.05, 0.1) is 0 Å². The van der Waals surface area contributed by atoms with Gasteiger partial charge in [0.25, 0.3) is 0 Å². The Balaban J connectivity index is 4.37. The number of aliphatic carboxylic acids is 1. The van der Waals surface area contributed by atoms with Crippen molar-refractivity contribution >= 4 is 20.1 Å². The molecule has 0 saturated carbocycles. The summed E-state index contributed by atoms with van der Waals surface area (Å²) >= 11 is 0. The maximum Gasteiger partial charge on any atom is 0.408 e. The Morgan fingerprint density at radius 3 is 2.11 bits per heavy atom. The van der Waals surface area contributed by atoms with Gasteiger partial charge in [0.15, 0.2) is 0 Å². The number of hydrogen-bond donors (Lipinski definition) is 2. The summed E-state index contributed by atoms with van der Waals surface area (Å²) in [5, 5.41) is 11.5. The van der Waals surface area contributed by atoms with Crippen LogP contribution in [-0.2, 0) is 9.53 Å². The topological polar surface area (TPSA) is 75.6 Å². The Bertz CT molecular complexity index is 304. The molecular weight excluding hydrogens is 250 g/mol. The van der Waals surface area contributed by atoms with Gasteiger partial charge in [-0.1, -0.05) is 25.7 Å². The summed E-state index contributed by atoms with van der Waals surface area (Å²) in [4.78, 5) is 22.6. The molecular formula is C12H25NO4Si. The lowest BCUT2D eigenvalue weighted by molar-refractivity contribution is -0.139. The summed E-state index contributed by atoms with van der Waals surface area (Å²) in [6.45, 7) is 11.7. The van der Waals surface area contributed by atoms with Crippen molar-refractivity contribution in [3.05, 3.63) is 0 Å².